The minimum absolute atomic E-state index is 0.0659. The van der Waals surface area contributed by atoms with E-state index >= 15 is 0 Å². The standard InChI is InChI=1S/C35H42N4O4S/c1-37-15-6-16-38(18-17-37)35(41)26-19-25-20-27(43-2)10-14-29(25)33-32(23-7-4-3-5-8-23)30-13-9-24(21-31(30)39(33)22-26)34(40)36-44(42)28-11-12-28/h9-10,13-14,19-21,23,28H,3-8,11-12,15-18,22H2,1-2H3,(H,36,40). The SMILES string of the molecule is COc1ccc2c(c1)C=C(C(=O)N1CCCN(C)CC1)Cn1c-2c(C2CCCCC2)c2ccc(C(=O)NS(=O)C3CC3)cc21. The Bertz CT molecular complexity index is 1670. The number of methoxy groups -OCH3 is 1. The maximum absolute atomic E-state index is 14.2. The molecule has 2 saturated carbocycles. The molecule has 0 radical (unpaired) electrons. The van der Waals surface area contributed by atoms with Crippen LogP contribution in [-0.2, 0) is 22.3 Å². The van der Waals surface area contributed by atoms with E-state index in [1.165, 1.54) is 24.8 Å². The molecule has 0 bridgehead atoms. The third-order valence-electron chi connectivity index (χ3n) is 9.85. The minimum atomic E-state index is -1.36. The van der Waals surface area contributed by atoms with Gasteiger partial charge in [0.15, 0.2) is 0 Å². The Morgan fingerprint density at radius 2 is 1.75 bits per heavy atom. The Labute approximate surface area is 262 Å². The molecule has 8 nitrogen and oxygen atoms in total. The number of amides is 2. The molecule has 0 spiro atoms. The molecule has 3 aromatic rings. The summed E-state index contributed by atoms with van der Waals surface area (Å²) in [7, 11) is 2.43. The smallest absolute Gasteiger partial charge is 0.263 e. The highest BCUT2D eigenvalue weighted by Crippen LogP contribution is 2.47. The number of fused-ring (bicyclic) bond motifs is 5. The molecule has 1 aromatic heterocycles. The zero-order valence-corrected chi connectivity index (χ0v) is 26.6. The number of nitrogens with one attached hydrogen (secondary N) is 1. The largest absolute Gasteiger partial charge is 0.497 e. The number of nitrogens with zero attached hydrogens (tertiary/aromatic N) is 3. The number of hydrogen-bond donors (Lipinski definition) is 1. The lowest BCUT2D eigenvalue weighted by atomic mass is 9.81. The van der Waals surface area contributed by atoms with Crippen molar-refractivity contribution in [2.45, 2.75) is 69.1 Å². The zero-order chi connectivity index (χ0) is 30.4. The second-order valence-corrected chi connectivity index (χ2v) is 14.4. The number of benzene rings is 2. The molecule has 1 N–H and O–H groups in total. The lowest BCUT2D eigenvalue weighted by molar-refractivity contribution is -0.127. The summed E-state index contributed by atoms with van der Waals surface area (Å²) in [6.07, 6.45) is 10.7. The molecule has 2 aliphatic carbocycles. The van der Waals surface area contributed by atoms with E-state index in [2.05, 4.69) is 39.4 Å². The second kappa shape index (κ2) is 12.2. The average molecular weight is 615 g/mol. The van der Waals surface area contributed by atoms with Gasteiger partial charge in [-0.2, -0.15) is 0 Å². The summed E-state index contributed by atoms with van der Waals surface area (Å²) in [5.41, 5.74) is 6.70. The summed E-state index contributed by atoms with van der Waals surface area (Å²) in [5.74, 6) is 0.912. The summed E-state index contributed by atoms with van der Waals surface area (Å²) < 4.78 is 23.2. The highest BCUT2D eigenvalue weighted by molar-refractivity contribution is 7.84. The van der Waals surface area contributed by atoms with Gasteiger partial charge < -0.3 is 19.1 Å². The number of aromatic nitrogens is 1. The summed E-state index contributed by atoms with van der Waals surface area (Å²) >= 11 is 0. The molecule has 2 amide bonds. The van der Waals surface area contributed by atoms with Gasteiger partial charge in [0.25, 0.3) is 11.8 Å². The highest BCUT2D eigenvalue weighted by atomic mass is 32.2. The maximum Gasteiger partial charge on any atom is 0.263 e. The van der Waals surface area contributed by atoms with Gasteiger partial charge >= 0.3 is 0 Å². The van der Waals surface area contributed by atoms with Crippen LogP contribution >= 0.6 is 0 Å². The summed E-state index contributed by atoms with van der Waals surface area (Å²) in [5, 5.41) is 1.20. The molecule has 1 atom stereocenters. The highest BCUT2D eigenvalue weighted by Gasteiger charge is 2.33. The molecule has 3 fully saturated rings. The van der Waals surface area contributed by atoms with E-state index in [1.54, 1.807) is 7.11 Å². The van der Waals surface area contributed by atoms with Crippen LogP contribution in [0.4, 0.5) is 0 Å². The number of carbonyl (C=O) groups is 2. The second-order valence-electron chi connectivity index (χ2n) is 12.9. The van der Waals surface area contributed by atoms with Crippen LogP contribution in [0.15, 0.2) is 42.0 Å². The van der Waals surface area contributed by atoms with Crippen molar-refractivity contribution in [2.24, 2.45) is 0 Å². The van der Waals surface area contributed by atoms with E-state index in [0.29, 0.717) is 24.6 Å². The molecular weight excluding hydrogens is 572 g/mol. The average Bonchev–Trinajstić information content (AvgIpc) is 3.89. The Morgan fingerprint density at radius 3 is 2.52 bits per heavy atom. The normalized spacial score (nSPS) is 20.2. The monoisotopic (exact) mass is 614 g/mol. The molecule has 7 rings (SSSR count). The molecule has 232 valence electrons. The third-order valence-corrected chi connectivity index (χ3v) is 11.3. The van der Waals surface area contributed by atoms with Gasteiger partial charge in [0.1, 0.15) is 16.7 Å². The van der Waals surface area contributed by atoms with E-state index in [1.807, 2.05) is 29.2 Å². The van der Waals surface area contributed by atoms with Crippen molar-refractivity contribution >= 4 is 39.8 Å². The van der Waals surface area contributed by atoms with Gasteiger partial charge in [-0.05, 0) is 99.1 Å². The topological polar surface area (TPSA) is 83.9 Å². The predicted molar refractivity (Wildman–Crippen MR) is 175 cm³/mol. The van der Waals surface area contributed by atoms with Crippen LogP contribution in [0, 0.1) is 0 Å². The number of rotatable bonds is 6. The Hall–Kier alpha value is -3.43. The third kappa shape index (κ3) is 5.60. The van der Waals surface area contributed by atoms with Crippen molar-refractivity contribution in [1.82, 2.24) is 19.1 Å². The van der Waals surface area contributed by atoms with Crippen LogP contribution in [0.25, 0.3) is 28.2 Å². The summed E-state index contributed by atoms with van der Waals surface area (Å²) in [6.45, 7) is 3.69. The molecule has 4 aliphatic rings. The van der Waals surface area contributed by atoms with E-state index in [0.717, 1.165) is 90.8 Å². The van der Waals surface area contributed by atoms with Gasteiger partial charge in [0, 0.05) is 47.2 Å². The fourth-order valence-corrected chi connectivity index (χ4v) is 8.31. The van der Waals surface area contributed by atoms with Crippen LogP contribution in [0.1, 0.15) is 78.8 Å². The van der Waals surface area contributed by atoms with Crippen LogP contribution in [0.5, 0.6) is 5.75 Å². The predicted octanol–water partition coefficient (Wildman–Crippen LogP) is 5.48. The molecule has 1 saturated heterocycles. The van der Waals surface area contributed by atoms with Gasteiger partial charge in [-0.3, -0.25) is 14.3 Å². The quantitative estimate of drug-likeness (QED) is 0.398. The minimum Gasteiger partial charge on any atom is -0.497 e. The first-order chi connectivity index (χ1) is 21.4. The van der Waals surface area contributed by atoms with Gasteiger partial charge in [-0.25, -0.2) is 4.21 Å². The van der Waals surface area contributed by atoms with E-state index in [-0.39, 0.29) is 17.1 Å². The number of carbonyl (C=O) groups excluding carboxylic acids is 2. The molecule has 2 aromatic carbocycles. The van der Waals surface area contributed by atoms with Gasteiger partial charge in [-0.1, -0.05) is 25.3 Å². The molecule has 3 heterocycles. The van der Waals surface area contributed by atoms with Gasteiger partial charge in [0.2, 0.25) is 0 Å². The van der Waals surface area contributed by atoms with Crippen molar-refractivity contribution in [3.8, 4) is 17.0 Å². The van der Waals surface area contributed by atoms with E-state index in [4.69, 9.17) is 4.74 Å². The van der Waals surface area contributed by atoms with Crippen molar-refractivity contribution in [3.63, 3.8) is 0 Å². The van der Waals surface area contributed by atoms with Gasteiger partial charge in [-0.15, -0.1) is 0 Å². The van der Waals surface area contributed by atoms with Crippen molar-refractivity contribution < 1.29 is 18.5 Å². The van der Waals surface area contributed by atoms with Gasteiger partial charge in [0.05, 0.1) is 24.6 Å². The Balaban J connectivity index is 1.39. The first-order valence-electron chi connectivity index (χ1n) is 16.2. The molecule has 1 unspecified atom stereocenters. The van der Waals surface area contributed by atoms with Crippen LogP contribution < -0.4 is 9.46 Å². The van der Waals surface area contributed by atoms with Crippen LogP contribution in [-0.4, -0.2) is 76.0 Å². The van der Waals surface area contributed by atoms with Crippen LogP contribution in [0.3, 0.4) is 0 Å². The first-order valence-corrected chi connectivity index (χ1v) is 17.4. The summed E-state index contributed by atoms with van der Waals surface area (Å²) in [6, 6.07) is 12.1. The fourth-order valence-electron chi connectivity index (χ4n) is 7.28. The number of likely N-dealkylation sites (N-methyl/N-ethyl adjacent to an activating group) is 1. The van der Waals surface area contributed by atoms with E-state index < -0.39 is 11.0 Å². The number of hydrogen-bond acceptors (Lipinski definition) is 5. The molecule has 44 heavy (non-hydrogen) atoms. The molecule has 2 aliphatic heterocycles. The zero-order valence-electron chi connectivity index (χ0n) is 25.8. The van der Waals surface area contributed by atoms with Crippen molar-refractivity contribution in [3.05, 3.63) is 58.7 Å². The van der Waals surface area contributed by atoms with E-state index in [9.17, 15) is 13.8 Å². The lowest BCUT2D eigenvalue weighted by Gasteiger charge is -2.24. The molecule has 9 heteroatoms. The van der Waals surface area contributed by atoms with Crippen LogP contribution in [0.2, 0.25) is 0 Å². The number of ether oxygens (including phenoxy) is 1. The maximum atomic E-state index is 14.2. The Morgan fingerprint density at radius 1 is 0.932 bits per heavy atom. The fraction of sp³-hybridized carbons (Fsp3) is 0.486. The van der Waals surface area contributed by atoms with Crippen molar-refractivity contribution in [2.75, 3.05) is 40.3 Å². The van der Waals surface area contributed by atoms with Crippen molar-refractivity contribution in [1.29, 1.82) is 0 Å². The summed E-state index contributed by atoms with van der Waals surface area (Å²) in [4.78, 5) is 31.8. The Kier molecular flexibility index (Phi) is 8.10. The lowest BCUT2D eigenvalue weighted by Crippen LogP contribution is -2.36. The molecular formula is C35H42N4O4S. The first kappa shape index (κ1) is 29.3.